The molecule has 3 heterocycles. The summed E-state index contributed by atoms with van der Waals surface area (Å²) in [4.78, 5) is 25.4. The van der Waals surface area contributed by atoms with Gasteiger partial charge in [-0.3, -0.25) is 4.79 Å². The third-order valence-electron chi connectivity index (χ3n) is 3.85. The van der Waals surface area contributed by atoms with Gasteiger partial charge in [0.25, 0.3) is 0 Å². The Balaban J connectivity index is 1.88. The zero-order chi connectivity index (χ0) is 14.8. The smallest absolute Gasteiger partial charge is 0.341 e. The van der Waals surface area contributed by atoms with Gasteiger partial charge in [-0.05, 0) is 24.9 Å². The van der Waals surface area contributed by atoms with Crippen LogP contribution in [0, 0.1) is 5.92 Å². The first-order valence-corrected chi connectivity index (χ1v) is 7.84. The molecule has 2 aliphatic rings. The van der Waals surface area contributed by atoms with Crippen molar-refractivity contribution in [2.45, 2.75) is 19.4 Å². The highest BCUT2D eigenvalue weighted by Gasteiger charge is 2.29. The zero-order valence-corrected chi connectivity index (χ0v) is 12.7. The Morgan fingerprint density at radius 2 is 2.33 bits per heavy atom. The molecular weight excluding hydrogens is 292 g/mol. The summed E-state index contributed by atoms with van der Waals surface area (Å²) in [7, 11) is 1.36. The minimum Gasteiger partial charge on any atom is -0.465 e. The predicted molar refractivity (Wildman–Crippen MR) is 78.6 cm³/mol. The molecule has 1 amide bonds. The second-order valence-electron chi connectivity index (χ2n) is 5.18. The van der Waals surface area contributed by atoms with Crippen molar-refractivity contribution >= 4 is 28.2 Å². The van der Waals surface area contributed by atoms with Crippen LogP contribution in [0.25, 0.3) is 0 Å². The van der Waals surface area contributed by atoms with Crippen LogP contribution in [0.2, 0.25) is 0 Å². The number of rotatable bonds is 3. The fourth-order valence-electron chi connectivity index (χ4n) is 2.70. The van der Waals surface area contributed by atoms with E-state index in [0.717, 1.165) is 36.4 Å². The van der Waals surface area contributed by atoms with Crippen molar-refractivity contribution in [1.82, 2.24) is 5.32 Å². The average molecular weight is 310 g/mol. The van der Waals surface area contributed by atoms with Crippen LogP contribution < -0.4 is 10.6 Å². The number of methoxy groups -OCH3 is 1. The molecule has 0 spiro atoms. The molecule has 1 saturated heterocycles. The normalized spacial score (nSPS) is 20.9. The first kappa shape index (κ1) is 14.5. The van der Waals surface area contributed by atoms with Crippen molar-refractivity contribution in [3.8, 4) is 0 Å². The van der Waals surface area contributed by atoms with Crippen LogP contribution in [0.4, 0.5) is 5.00 Å². The Morgan fingerprint density at radius 3 is 3.05 bits per heavy atom. The topological polar surface area (TPSA) is 76.7 Å². The maximum absolute atomic E-state index is 12.2. The number of esters is 1. The Labute approximate surface area is 126 Å². The lowest BCUT2D eigenvalue weighted by atomic mass is 10.0. The lowest BCUT2D eigenvalue weighted by Crippen LogP contribution is -2.24. The number of hydrogen-bond donors (Lipinski definition) is 2. The monoisotopic (exact) mass is 310 g/mol. The molecule has 1 aromatic heterocycles. The van der Waals surface area contributed by atoms with E-state index in [1.807, 2.05) is 0 Å². The van der Waals surface area contributed by atoms with Crippen LogP contribution in [0.1, 0.15) is 27.2 Å². The fraction of sp³-hybridized carbons (Fsp3) is 0.571. The Bertz CT molecular complexity index is 564. The van der Waals surface area contributed by atoms with Crippen LogP contribution in [0.5, 0.6) is 0 Å². The van der Waals surface area contributed by atoms with Gasteiger partial charge >= 0.3 is 5.97 Å². The number of fused-ring (bicyclic) bond motifs is 1. The highest BCUT2D eigenvalue weighted by atomic mass is 32.1. The van der Waals surface area contributed by atoms with Crippen LogP contribution in [0.3, 0.4) is 0 Å². The zero-order valence-electron chi connectivity index (χ0n) is 11.9. The largest absolute Gasteiger partial charge is 0.465 e. The molecule has 0 radical (unpaired) electrons. The summed E-state index contributed by atoms with van der Waals surface area (Å²) in [6.07, 6.45) is 1.50. The van der Waals surface area contributed by atoms with Gasteiger partial charge in [-0.15, -0.1) is 11.3 Å². The molecule has 6 nitrogen and oxygen atoms in total. The molecule has 0 saturated carbocycles. The van der Waals surface area contributed by atoms with Gasteiger partial charge in [0.1, 0.15) is 5.00 Å². The van der Waals surface area contributed by atoms with E-state index >= 15 is 0 Å². The molecule has 1 fully saturated rings. The van der Waals surface area contributed by atoms with E-state index in [9.17, 15) is 9.59 Å². The molecule has 21 heavy (non-hydrogen) atoms. The Kier molecular flexibility index (Phi) is 4.23. The third kappa shape index (κ3) is 2.81. The van der Waals surface area contributed by atoms with Gasteiger partial charge in [-0.2, -0.15) is 0 Å². The molecule has 114 valence electrons. The number of amides is 1. The van der Waals surface area contributed by atoms with Crippen molar-refractivity contribution in [2.24, 2.45) is 5.92 Å². The molecule has 3 rings (SSSR count). The molecule has 1 unspecified atom stereocenters. The van der Waals surface area contributed by atoms with Gasteiger partial charge in [0.2, 0.25) is 5.91 Å². The number of nitrogens with one attached hydrogen (secondary N) is 2. The summed E-state index contributed by atoms with van der Waals surface area (Å²) in [6, 6.07) is 0. The molecule has 0 bridgehead atoms. The highest BCUT2D eigenvalue weighted by molar-refractivity contribution is 7.17. The van der Waals surface area contributed by atoms with Crippen LogP contribution in [0.15, 0.2) is 0 Å². The van der Waals surface area contributed by atoms with Crippen LogP contribution >= 0.6 is 11.3 Å². The number of hydrogen-bond acceptors (Lipinski definition) is 6. The number of anilines is 1. The summed E-state index contributed by atoms with van der Waals surface area (Å²) in [5.74, 6) is -0.593. The van der Waals surface area contributed by atoms with Gasteiger partial charge in [0, 0.05) is 18.0 Å². The Morgan fingerprint density at radius 1 is 1.48 bits per heavy atom. The number of thiophene rings is 1. The van der Waals surface area contributed by atoms with Crippen molar-refractivity contribution in [2.75, 3.05) is 32.2 Å². The van der Waals surface area contributed by atoms with Crippen molar-refractivity contribution in [3.63, 3.8) is 0 Å². The Hall–Kier alpha value is -1.44. The maximum atomic E-state index is 12.2. The molecule has 0 aliphatic carbocycles. The second-order valence-corrected chi connectivity index (χ2v) is 6.28. The third-order valence-corrected chi connectivity index (χ3v) is 5.00. The molecular formula is C14H18N2O4S. The van der Waals surface area contributed by atoms with Gasteiger partial charge in [0.05, 0.1) is 25.2 Å². The van der Waals surface area contributed by atoms with Crippen LogP contribution in [-0.2, 0) is 27.2 Å². The first-order chi connectivity index (χ1) is 10.2. The van der Waals surface area contributed by atoms with Gasteiger partial charge < -0.3 is 20.1 Å². The molecule has 2 aliphatic heterocycles. The standard InChI is InChI=1S/C14H18N2O4S/c1-19-14(18)11-9-2-4-15-6-10(9)21-13(11)16-12(17)8-3-5-20-7-8/h8,15H,2-7H2,1H3,(H,16,17). The number of carbonyl (C=O) groups is 2. The summed E-state index contributed by atoms with van der Waals surface area (Å²) >= 11 is 1.46. The molecule has 2 N–H and O–H groups in total. The number of carbonyl (C=O) groups excluding carboxylic acids is 2. The van der Waals surface area contributed by atoms with Gasteiger partial charge in [0.15, 0.2) is 0 Å². The summed E-state index contributed by atoms with van der Waals surface area (Å²) in [5, 5.41) is 6.77. The van der Waals surface area contributed by atoms with E-state index in [0.29, 0.717) is 23.8 Å². The maximum Gasteiger partial charge on any atom is 0.341 e. The lowest BCUT2D eigenvalue weighted by Gasteiger charge is -2.13. The summed E-state index contributed by atoms with van der Waals surface area (Å²) < 4.78 is 10.1. The van der Waals surface area contributed by atoms with E-state index in [2.05, 4.69) is 10.6 Å². The summed E-state index contributed by atoms with van der Waals surface area (Å²) in [6.45, 7) is 2.63. The van der Waals surface area contributed by atoms with E-state index in [-0.39, 0.29) is 17.8 Å². The van der Waals surface area contributed by atoms with Crippen molar-refractivity contribution < 1.29 is 19.1 Å². The minimum atomic E-state index is -0.382. The summed E-state index contributed by atoms with van der Waals surface area (Å²) in [5.41, 5.74) is 1.52. The van der Waals surface area contributed by atoms with Gasteiger partial charge in [-0.1, -0.05) is 0 Å². The quantitative estimate of drug-likeness (QED) is 0.819. The minimum absolute atomic E-state index is 0.0794. The van der Waals surface area contributed by atoms with E-state index in [4.69, 9.17) is 9.47 Å². The highest BCUT2D eigenvalue weighted by Crippen LogP contribution is 2.36. The molecule has 1 atom stereocenters. The molecule has 1 aromatic rings. The average Bonchev–Trinajstić information content (AvgIpc) is 3.13. The second kappa shape index (κ2) is 6.13. The van der Waals surface area contributed by atoms with Crippen molar-refractivity contribution in [3.05, 3.63) is 16.0 Å². The van der Waals surface area contributed by atoms with Crippen molar-refractivity contribution in [1.29, 1.82) is 0 Å². The fourth-order valence-corrected chi connectivity index (χ4v) is 3.90. The lowest BCUT2D eigenvalue weighted by molar-refractivity contribution is -0.119. The van der Waals surface area contributed by atoms with Gasteiger partial charge in [-0.25, -0.2) is 4.79 Å². The molecule has 0 aromatic carbocycles. The SMILES string of the molecule is COC(=O)c1c(NC(=O)C2CCOC2)sc2c1CCNC2. The van der Waals surface area contributed by atoms with Crippen LogP contribution in [-0.4, -0.2) is 38.7 Å². The van der Waals surface area contributed by atoms with E-state index in [1.165, 1.54) is 18.4 Å². The first-order valence-electron chi connectivity index (χ1n) is 7.03. The van der Waals surface area contributed by atoms with E-state index < -0.39 is 0 Å². The number of ether oxygens (including phenoxy) is 2. The molecule has 7 heteroatoms. The predicted octanol–water partition coefficient (Wildman–Crippen LogP) is 1.16. The van der Waals surface area contributed by atoms with E-state index in [1.54, 1.807) is 0 Å².